The Balaban J connectivity index is 2.50. The summed E-state index contributed by atoms with van der Waals surface area (Å²) >= 11 is 0. The van der Waals surface area contributed by atoms with Gasteiger partial charge in [0.2, 0.25) is 0 Å². The number of nitrogen functional groups attached to an aromatic ring is 1. The predicted octanol–water partition coefficient (Wildman–Crippen LogP) is 2.73. The van der Waals surface area contributed by atoms with Gasteiger partial charge in [0.15, 0.2) is 0 Å². The van der Waals surface area contributed by atoms with E-state index in [0.29, 0.717) is 0 Å². The van der Waals surface area contributed by atoms with Gasteiger partial charge in [-0.15, -0.1) is 0 Å². The van der Waals surface area contributed by atoms with Crippen LogP contribution in [0.3, 0.4) is 0 Å². The highest BCUT2D eigenvalue weighted by atomic mass is 15.1. The fraction of sp³-hybridized carbons (Fsp3) is 0.417. The van der Waals surface area contributed by atoms with Crippen molar-refractivity contribution in [2.45, 2.75) is 33.2 Å². The molecule has 0 saturated heterocycles. The lowest BCUT2D eigenvalue weighted by Crippen LogP contribution is -2.00. The van der Waals surface area contributed by atoms with Crippen LogP contribution in [-0.2, 0) is 6.54 Å². The minimum atomic E-state index is 0.806. The molecule has 15 heavy (non-hydrogen) atoms. The Morgan fingerprint density at radius 2 is 2.20 bits per heavy atom. The molecule has 0 fully saturated rings. The van der Waals surface area contributed by atoms with E-state index < -0.39 is 0 Å². The number of benzene rings is 1. The molecule has 1 aromatic heterocycles. The molecule has 3 heteroatoms. The molecule has 2 N–H and O–H groups in total. The highest BCUT2D eigenvalue weighted by Crippen LogP contribution is 2.19. The smallest absolute Gasteiger partial charge is 0.106 e. The average molecular weight is 203 g/mol. The zero-order valence-corrected chi connectivity index (χ0v) is 9.33. The van der Waals surface area contributed by atoms with Crippen LogP contribution in [0.15, 0.2) is 18.2 Å². The molecule has 0 aliphatic carbocycles. The summed E-state index contributed by atoms with van der Waals surface area (Å²) in [6.45, 7) is 5.27. The summed E-state index contributed by atoms with van der Waals surface area (Å²) in [7, 11) is 0. The minimum Gasteiger partial charge on any atom is -0.399 e. The molecule has 0 saturated carbocycles. The first kappa shape index (κ1) is 10.0. The first-order chi connectivity index (χ1) is 7.22. The summed E-state index contributed by atoms with van der Waals surface area (Å²) in [6, 6.07) is 5.89. The number of aromatic nitrogens is 2. The number of nitrogens with two attached hydrogens (primary N) is 1. The Morgan fingerprint density at radius 1 is 1.40 bits per heavy atom. The van der Waals surface area contributed by atoms with E-state index in [2.05, 4.69) is 16.5 Å². The standard InChI is InChI=1S/C12H17N3/c1-3-4-7-15-9(2)14-11-6-5-10(13)8-12(11)15/h5-6,8H,3-4,7,13H2,1-2H3. The number of hydrogen-bond acceptors (Lipinski definition) is 2. The molecular formula is C12H17N3. The molecule has 80 valence electrons. The van der Waals surface area contributed by atoms with Gasteiger partial charge in [0, 0.05) is 12.2 Å². The van der Waals surface area contributed by atoms with E-state index in [9.17, 15) is 0 Å². The molecule has 0 atom stereocenters. The molecule has 0 bridgehead atoms. The van der Waals surface area contributed by atoms with Crippen molar-refractivity contribution < 1.29 is 0 Å². The molecule has 2 rings (SSSR count). The normalized spacial score (nSPS) is 11.1. The van der Waals surface area contributed by atoms with Crippen LogP contribution >= 0.6 is 0 Å². The molecule has 0 aliphatic rings. The molecule has 2 aromatic rings. The molecule has 0 radical (unpaired) electrons. The van der Waals surface area contributed by atoms with Gasteiger partial charge < -0.3 is 10.3 Å². The van der Waals surface area contributed by atoms with Crippen molar-refractivity contribution in [3.8, 4) is 0 Å². The summed E-state index contributed by atoms with van der Waals surface area (Å²) in [6.07, 6.45) is 2.38. The number of fused-ring (bicyclic) bond motifs is 1. The first-order valence-corrected chi connectivity index (χ1v) is 5.44. The van der Waals surface area contributed by atoms with Crippen molar-refractivity contribution in [3.63, 3.8) is 0 Å². The largest absolute Gasteiger partial charge is 0.399 e. The van der Waals surface area contributed by atoms with Crippen LogP contribution in [0, 0.1) is 6.92 Å². The average Bonchev–Trinajstić information content (AvgIpc) is 2.51. The van der Waals surface area contributed by atoms with Gasteiger partial charge >= 0.3 is 0 Å². The zero-order chi connectivity index (χ0) is 10.8. The van der Waals surface area contributed by atoms with Crippen LogP contribution < -0.4 is 5.73 Å². The monoisotopic (exact) mass is 203 g/mol. The SMILES string of the molecule is CCCCn1c(C)nc2ccc(N)cc21. The number of nitrogens with zero attached hydrogens (tertiary/aromatic N) is 2. The fourth-order valence-corrected chi connectivity index (χ4v) is 1.86. The van der Waals surface area contributed by atoms with Crippen LogP contribution in [-0.4, -0.2) is 9.55 Å². The summed E-state index contributed by atoms with van der Waals surface area (Å²) in [5.41, 5.74) is 8.79. The van der Waals surface area contributed by atoms with Gasteiger partial charge in [-0.25, -0.2) is 4.98 Å². The summed E-state index contributed by atoms with van der Waals surface area (Å²) in [4.78, 5) is 4.51. The summed E-state index contributed by atoms with van der Waals surface area (Å²) in [5, 5.41) is 0. The molecule has 0 unspecified atom stereocenters. The second kappa shape index (κ2) is 3.93. The lowest BCUT2D eigenvalue weighted by molar-refractivity contribution is 0.631. The Kier molecular flexibility index (Phi) is 2.62. The van der Waals surface area contributed by atoms with E-state index >= 15 is 0 Å². The van der Waals surface area contributed by atoms with Gasteiger partial charge in [0.25, 0.3) is 0 Å². The van der Waals surface area contributed by atoms with E-state index in [1.54, 1.807) is 0 Å². The predicted molar refractivity (Wildman–Crippen MR) is 63.8 cm³/mol. The quantitative estimate of drug-likeness (QED) is 0.779. The van der Waals surface area contributed by atoms with E-state index in [1.807, 2.05) is 25.1 Å². The van der Waals surface area contributed by atoms with Gasteiger partial charge in [0.05, 0.1) is 11.0 Å². The number of unbranched alkanes of at least 4 members (excludes halogenated alkanes) is 1. The minimum absolute atomic E-state index is 0.806. The Hall–Kier alpha value is -1.51. The Morgan fingerprint density at radius 3 is 2.93 bits per heavy atom. The highest BCUT2D eigenvalue weighted by molar-refractivity contribution is 5.79. The number of rotatable bonds is 3. The molecule has 0 amide bonds. The topological polar surface area (TPSA) is 43.8 Å². The number of hydrogen-bond donors (Lipinski definition) is 1. The Bertz CT molecular complexity index is 471. The van der Waals surface area contributed by atoms with Gasteiger partial charge in [-0.2, -0.15) is 0 Å². The van der Waals surface area contributed by atoms with Crippen LogP contribution in [0.1, 0.15) is 25.6 Å². The third-order valence-electron chi connectivity index (χ3n) is 2.70. The maximum Gasteiger partial charge on any atom is 0.106 e. The number of anilines is 1. The van der Waals surface area contributed by atoms with Crippen molar-refractivity contribution in [2.75, 3.05) is 5.73 Å². The van der Waals surface area contributed by atoms with Crippen LogP contribution in [0.5, 0.6) is 0 Å². The van der Waals surface area contributed by atoms with E-state index in [1.165, 1.54) is 12.8 Å². The second-order valence-corrected chi connectivity index (χ2v) is 3.91. The molecule has 1 heterocycles. The van der Waals surface area contributed by atoms with Crippen molar-refractivity contribution in [1.82, 2.24) is 9.55 Å². The van der Waals surface area contributed by atoms with Crippen molar-refractivity contribution >= 4 is 16.7 Å². The Labute approximate surface area is 89.9 Å². The van der Waals surface area contributed by atoms with E-state index in [0.717, 1.165) is 29.1 Å². The van der Waals surface area contributed by atoms with Crippen molar-refractivity contribution in [3.05, 3.63) is 24.0 Å². The van der Waals surface area contributed by atoms with Gasteiger partial charge in [-0.05, 0) is 31.5 Å². The van der Waals surface area contributed by atoms with Crippen LogP contribution in [0.2, 0.25) is 0 Å². The van der Waals surface area contributed by atoms with Gasteiger partial charge in [-0.1, -0.05) is 13.3 Å². The highest BCUT2D eigenvalue weighted by Gasteiger charge is 2.06. The van der Waals surface area contributed by atoms with Crippen LogP contribution in [0.25, 0.3) is 11.0 Å². The van der Waals surface area contributed by atoms with E-state index in [4.69, 9.17) is 5.73 Å². The third kappa shape index (κ3) is 1.82. The molecule has 0 aliphatic heterocycles. The maximum atomic E-state index is 5.79. The lowest BCUT2D eigenvalue weighted by atomic mass is 10.2. The van der Waals surface area contributed by atoms with Crippen molar-refractivity contribution in [2.24, 2.45) is 0 Å². The number of aryl methyl sites for hydroxylation is 2. The molecule has 3 nitrogen and oxygen atoms in total. The lowest BCUT2D eigenvalue weighted by Gasteiger charge is -2.05. The molecule has 1 aromatic carbocycles. The fourth-order valence-electron chi connectivity index (χ4n) is 1.86. The maximum absolute atomic E-state index is 5.79. The number of imidazole rings is 1. The van der Waals surface area contributed by atoms with E-state index in [-0.39, 0.29) is 0 Å². The zero-order valence-electron chi connectivity index (χ0n) is 9.33. The third-order valence-corrected chi connectivity index (χ3v) is 2.70. The molecule has 0 spiro atoms. The van der Waals surface area contributed by atoms with Crippen LogP contribution in [0.4, 0.5) is 5.69 Å². The first-order valence-electron chi connectivity index (χ1n) is 5.44. The second-order valence-electron chi connectivity index (χ2n) is 3.91. The van der Waals surface area contributed by atoms with Gasteiger partial charge in [0.1, 0.15) is 5.82 Å². The summed E-state index contributed by atoms with van der Waals surface area (Å²) in [5.74, 6) is 1.07. The summed E-state index contributed by atoms with van der Waals surface area (Å²) < 4.78 is 2.25. The van der Waals surface area contributed by atoms with Crippen molar-refractivity contribution in [1.29, 1.82) is 0 Å². The van der Waals surface area contributed by atoms with Gasteiger partial charge in [-0.3, -0.25) is 0 Å². The molecular weight excluding hydrogens is 186 g/mol.